The highest BCUT2D eigenvalue weighted by molar-refractivity contribution is 5.70. The van der Waals surface area contributed by atoms with Crippen LogP contribution in [-0.2, 0) is 11.3 Å². The van der Waals surface area contributed by atoms with Gasteiger partial charge in [0.1, 0.15) is 0 Å². The molecule has 6 rings (SSSR count). The molecule has 2 aliphatic rings. The van der Waals surface area contributed by atoms with Crippen LogP contribution in [-0.4, -0.2) is 97.0 Å². The molecule has 4 aromatic rings. The number of morpholine rings is 1. The molecule has 198 valence electrons. The van der Waals surface area contributed by atoms with Gasteiger partial charge >= 0.3 is 0 Å². The van der Waals surface area contributed by atoms with E-state index in [1.165, 1.54) is 5.57 Å². The molecular weight excluding hydrogens is 496 g/mol. The zero-order valence-electron chi connectivity index (χ0n) is 21.4. The summed E-state index contributed by atoms with van der Waals surface area (Å²) in [4.78, 5) is 22.8. The third kappa shape index (κ3) is 5.46. The molecule has 0 amide bonds. The Kier molecular flexibility index (Phi) is 7.18. The smallest absolute Gasteiger partial charge is 0.225 e. The number of ether oxygens (including phenoxy) is 1. The number of aliphatic hydroxyl groups excluding tert-OH is 1. The first-order valence-corrected chi connectivity index (χ1v) is 13.0. The number of β-amino-alcohol motifs (C(OH)–C–C–N with tert-alkyl or cyclic N) is 1. The zero-order valence-corrected chi connectivity index (χ0v) is 21.4. The molecule has 12 nitrogen and oxygen atoms in total. The molecule has 0 saturated carbocycles. The molecule has 1 aromatic carbocycles. The largest absolute Gasteiger partial charge is 0.395 e. The molecule has 2 aliphatic heterocycles. The molecule has 0 unspecified atom stereocenters. The maximum absolute atomic E-state index is 9.23. The molecule has 1 saturated heterocycles. The summed E-state index contributed by atoms with van der Waals surface area (Å²) in [5, 5.41) is 26.8. The van der Waals surface area contributed by atoms with Crippen LogP contribution >= 0.6 is 0 Å². The Hall–Kier alpha value is -4.31. The van der Waals surface area contributed by atoms with Crippen LogP contribution in [0.3, 0.4) is 0 Å². The van der Waals surface area contributed by atoms with Gasteiger partial charge in [-0.1, -0.05) is 23.4 Å². The van der Waals surface area contributed by atoms with E-state index in [0.29, 0.717) is 61.3 Å². The molecule has 0 spiro atoms. The second-order valence-electron chi connectivity index (χ2n) is 9.58. The number of nitriles is 1. The van der Waals surface area contributed by atoms with Crippen molar-refractivity contribution in [2.24, 2.45) is 0 Å². The second-order valence-corrected chi connectivity index (χ2v) is 9.58. The Bertz CT molecular complexity index is 1530. The summed E-state index contributed by atoms with van der Waals surface area (Å²) in [6.45, 7) is 4.95. The van der Waals surface area contributed by atoms with Crippen molar-refractivity contribution >= 4 is 22.8 Å². The van der Waals surface area contributed by atoms with Crippen LogP contribution < -0.4 is 4.90 Å². The number of hydrogen-bond acceptors (Lipinski definition) is 11. The average Bonchev–Trinajstić information content (AvgIpc) is 3.40. The number of aliphatic hydroxyl groups is 1. The number of anilines is 1. The summed E-state index contributed by atoms with van der Waals surface area (Å²) in [7, 11) is 0. The van der Waals surface area contributed by atoms with E-state index in [1.807, 2.05) is 24.5 Å². The molecule has 0 bridgehead atoms. The lowest BCUT2D eigenvalue weighted by molar-refractivity contribution is 0.0273. The van der Waals surface area contributed by atoms with E-state index in [4.69, 9.17) is 14.8 Å². The van der Waals surface area contributed by atoms with Crippen LogP contribution in [0.5, 0.6) is 0 Å². The van der Waals surface area contributed by atoms with Gasteiger partial charge in [0.15, 0.2) is 5.65 Å². The van der Waals surface area contributed by atoms with Crippen molar-refractivity contribution in [1.82, 2.24) is 39.8 Å². The van der Waals surface area contributed by atoms with Crippen LogP contribution in [0, 0.1) is 11.3 Å². The Morgan fingerprint density at radius 1 is 1.10 bits per heavy atom. The van der Waals surface area contributed by atoms with Crippen LogP contribution in [0.25, 0.3) is 28.1 Å². The fourth-order valence-electron chi connectivity index (χ4n) is 4.94. The maximum atomic E-state index is 9.23. The Labute approximate surface area is 225 Å². The SMILES string of the molecule is N#Cc1cccc(-c2cnc3nnn(C[C@H]4CN(c5ncc(C6=CCN(CCO)CC6)cn5)CCO4)c3n2)c1. The lowest BCUT2D eigenvalue weighted by atomic mass is 10.0. The van der Waals surface area contributed by atoms with Crippen LogP contribution in [0.2, 0.25) is 0 Å². The number of aromatic nitrogens is 7. The van der Waals surface area contributed by atoms with Gasteiger partial charge in [-0.05, 0) is 24.1 Å². The third-order valence-corrected chi connectivity index (χ3v) is 7.03. The first kappa shape index (κ1) is 25.0. The highest BCUT2D eigenvalue weighted by Gasteiger charge is 2.25. The van der Waals surface area contributed by atoms with Crippen LogP contribution in [0.15, 0.2) is 48.9 Å². The number of fused-ring (bicyclic) bond motifs is 1. The topological polar surface area (TPSA) is 142 Å². The third-order valence-electron chi connectivity index (χ3n) is 7.03. The Balaban J connectivity index is 1.14. The molecule has 0 aliphatic carbocycles. The van der Waals surface area contributed by atoms with Crippen molar-refractivity contribution in [2.45, 2.75) is 19.1 Å². The minimum atomic E-state index is -0.155. The van der Waals surface area contributed by atoms with Crippen molar-refractivity contribution in [1.29, 1.82) is 5.26 Å². The minimum absolute atomic E-state index is 0.155. The molecule has 1 N–H and O–H groups in total. The van der Waals surface area contributed by atoms with Crippen LogP contribution in [0.4, 0.5) is 5.95 Å². The van der Waals surface area contributed by atoms with Crippen molar-refractivity contribution in [3.8, 4) is 17.3 Å². The van der Waals surface area contributed by atoms with E-state index >= 15 is 0 Å². The second kappa shape index (κ2) is 11.2. The zero-order chi connectivity index (χ0) is 26.6. The Morgan fingerprint density at radius 3 is 2.79 bits per heavy atom. The van der Waals surface area contributed by atoms with E-state index in [0.717, 1.165) is 30.6 Å². The number of nitrogens with zero attached hydrogens (tertiary/aromatic N) is 10. The lowest BCUT2D eigenvalue weighted by Gasteiger charge is -2.32. The van der Waals surface area contributed by atoms with Gasteiger partial charge < -0.3 is 14.7 Å². The minimum Gasteiger partial charge on any atom is -0.395 e. The van der Waals surface area contributed by atoms with E-state index in [2.05, 4.69) is 47.2 Å². The lowest BCUT2D eigenvalue weighted by Crippen LogP contribution is -2.45. The molecule has 1 atom stereocenters. The van der Waals surface area contributed by atoms with Gasteiger partial charge in [0.25, 0.3) is 0 Å². The number of rotatable bonds is 7. The van der Waals surface area contributed by atoms with Crippen molar-refractivity contribution in [3.05, 3.63) is 60.1 Å². The molecule has 5 heterocycles. The monoisotopic (exact) mass is 524 g/mol. The predicted molar refractivity (Wildman–Crippen MR) is 143 cm³/mol. The van der Waals surface area contributed by atoms with E-state index < -0.39 is 0 Å². The normalized spacial score (nSPS) is 18.2. The summed E-state index contributed by atoms with van der Waals surface area (Å²) in [5.41, 5.74) is 5.32. The van der Waals surface area contributed by atoms with Crippen molar-refractivity contribution < 1.29 is 9.84 Å². The van der Waals surface area contributed by atoms with Gasteiger partial charge in [-0.15, -0.1) is 5.10 Å². The van der Waals surface area contributed by atoms with E-state index in [-0.39, 0.29) is 12.7 Å². The summed E-state index contributed by atoms with van der Waals surface area (Å²) < 4.78 is 7.76. The summed E-state index contributed by atoms with van der Waals surface area (Å²) >= 11 is 0. The first-order valence-electron chi connectivity index (χ1n) is 13.0. The molecule has 0 radical (unpaired) electrons. The molecule has 12 heteroatoms. The summed E-state index contributed by atoms with van der Waals surface area (Å²) in [6, 6.07) is 9.42. The highest BCUT2D eigenvalue weighted by atomic mass is 16.5. The van der Waals surface area contributed by atoms with Gasteiger partial charge in [-0.25, -0.2) is 24.6 Å². The number of hydrogen-bond donors (Lipinski definition) is 1. The quantitative estimate of drug-likeness (QED) is 0.376. The first-order chi connectivity index (χ1) is 19.2. The Morgan fingerprint density at radius 2 is 2.00 bits per heavy atom. The summed E-state index contributed by atoms with van der Waals surface area (Å²) in [6.07, 6.45) is 8.39. The van der Waals surface area contributed by atoms with Gasteiger partial charge in [-0.3, -0.25) is 4.90 Å². The fourth-order valence-corrected chi connectivity index (χ4v) is 4.94. The van der Waals surface area contributed by atoms with Crippen molar-refractivity contribution in [3.63, 3.8) is 0 Å². The van der Waals surface area contributed by atoms with E-state index in [9.17, 15) is 5.26 Å². The standard InChI is InChI=1S/C27H28N10O2/c28-13-19-2-1-3-21(12-19)24-16-29-25-26(32-24)37(34-33-25)18-23-17-36(9-11-39-23)27-30-14-22(15-31-27)20-4-6-35(7-5-20)8-10-38/h1-4,12,14-16,23,38H,5-11,17-18H2/t23-/m1/s1. The molecule has 1 fully saturated rings. The van der Waals surface area contributed by atoms with E-state index in [1.54, 1.807) is 23.0 Å². The predicted octanol–water partition coefficient (Wildman–Crippen LogP) is 1.54. The van der Waals surface area contributed by atoms with Gasteiger partial charge in [0.05, 0.1) is 49.4 Å². The average molecular weight is 525 g/mol. The van der Waals surface area contributed by atoms with Crippen LogP contribution in [0.1, 0.15) is 17.5 Å². The number of benzene rings is 1. The summed E-state index contributed by atoms with van der Waals surface area (Å²) in [5.74, 6) is 0.674. The molecular formula is C27H28N10O2. The fraction of sp³-hybridized carbons (Fsp3) is 0.370. The highest BCUT2D eigenvalue weighted by Crippen LogP contribution is 2.23. The van der Waals surface area contributed by atoms with Gasteiger partial charge in [-0.2, -0.15) is 5.26 Å². The molecule has 3 aromatic heterocycles. The van der Waals surface area contributed by atoms with Crippen molar-refractivity contribution in [2.75, 3.05) is 50.8 Å². The van der Waals surface area contributed by atoms with Gasteiger partial charge in [0.2, 0.25) is 11.6 Å². The van der Waals surface area contributed by atoms with Gasteiger partial charge in [0, 0.05) is 56.2 Å². The molecule has 39 heavy (non-hydrogen) atoms. The maximum Gasteiger partial charge on any atom is 0.225 e.